The van der Waals surface area contributed by atoms with Gasteiger partial charge in [0, 0.05) is 11.3 Å². The van der Waals surface area contributed by atoms with Crippen molar-refractivity contribution in [1.29, 1.82) is 0 Å². The quantitative estimate of drug-likeness (QED) is 0.861. The number of aryl methyl sites for hydroxylation is 1. The van der Waals surface area contributed by atoms with Crippen molar-refractivity contribution in [2.75, 3.05) is 0 Å². The summed E-state index contributed by atoms with van der Waals surface area (Å²) in [6, 6.07) is 8.51. The van der Waals surface area contributed by atoms with E-state index in [2.05, 4.69) is 4.98 Å². The number of benzene rings is 1. The fraction of sp³-hybridized carbons (Fsp3) is 0.267. The van der Waals surface area contributed by atoms with E-state index in [4.69, 9.17) is 0 Å². The number of halogens is 1. The predicted molar refractivity (Wildman–Crippen MR) is 71.3 cm³/mol. The van der Waals surface area contributed by atoms with Crippen molar-refractivity contribution in [1.82, 2.24) is 4.98 Å². The van der Waals surface area contributed by atoms with Gasteiger partial charge in [0.25, 0.3) is 5.56 Å². The van der Waals surface area contributed by atoms with Gasteiger partial charge in [0.05, 0.1) is 0 Å². The molecule has 2 aromatic rings. The molecule has 0 radical (unpaired) electrons. The number of H-pyrrole nitrogens is 1. The lowest BCUT2D eigenvalue weighted by atomic mass is 10.0. The molecule has 1 N–H and O–H groups in total. The summed E-state index contributed by atoms with van der Waals surface area (Å²) in [6.07, 6.45) is 0. The Kier molecular flexibility index (Phi) is 3.32. The predicted octanol–water partition coefficient (Wildman–Crippen LogP) is 3.61. The first-order valence-electron chi connectivity index (χ1n) is 5.99. The number of pyridine rings is 1. The summed E-state index contributed by atoms with van der Waals surface area (Å²) >= 11 is 0. The van der Waals surface area contributed by atoms with Crippen molar-refractivity contribution in [3.8, 4) is 11.3 Å². The molecule has 1 aromatic heterocycles. The molecule has 0 saturated heterocycles. The monoisotopic (exact) mass is 245 g/mol. The van der Waals surface area contributed by atoms with Crippen LogP contribution in [0.4, 0.5) is 4.39 Å². The van der Waals surface area contributed by atoms with Gasteiger partial charge in [0.15, 0.2) is 0 Å². The standard InChI is InChI=1S/C15H16FNO/c1-9(2)12-5-7-14(17-15(12)18)11-4-6-13(16)10(3)8-11/h4-9H,1-3H3,(H,17,18). The third-order valence-electron chi connectivity index (χ3n) is 3.03. The van der Waals surface area contributed by atoms with Crippen LogP contribution in [0.15, 0.2) is 35.1 Å². The van der Waals surface area contributed by atoms with Gasteiger partial charge >= 0.3 is 0 Å². The zero-order chi connectivity index (χ0) is 13.3. The van der Waals surface area contributed by atoms with Crippen LogP contribution in [-0.4, -0.2) is 4.98 Å². The van der Waals surface area contributed by atoms with Crippen LogP contribution in [0.3, 0.4) is 0 Å². The Morgan fingerprint density at radius 1 is 1.17 bits per heavy atom. The summed E-state index contributed by atoms with van der Waals surface area (Å²) in [5, 5.41) is 0. The molecule has 2 nitrogen and oxygen atoms in total. The van der Waals surface area contributed by atoms with Gasteiger partial charge in [0.1, 0.15) is 5.82 Å². The van der Waals surface area contributed by atoms with Crippen LogP contribution in [0.1, 0.15) is 30.9 Å². The van der Waals surface area contributed by atoms with Crippen LogP contribution in [0.25, 0.3) is 11.3 Å². The average molecular weight is 245 g/mol. The molecule has 0 atom stereocenters. The van der Waals surface area contributed by atoms with Gasteiger partial charge in [-0.2, -0.15) is 0 Å². The Morgan fingerprint density at radius 2 is 1.89 bits per heavy atom. The third kappa shape index (κ3) is 2.35. The molecule has 18 heavy (non-hydrogen) atoms. The summed E-state index contributed by atoms with van der Waals surface area (Å²) in [5.41, 5.74) is 2.79. The van der Waals surface area contributed by atoms with E-state index in [0.717, 1.165) is 11.1 Å². The zero-order valence-corrected chi connectivity index (χ0v) is 10.8. The molecular formula is C15H16FNO. The second-order valence-corrected chi connectivity index (χ2v) is 4.78. The minimum Gasteiger partial charge on any atom is -0.322 e. The van der Waals surface area contributed by atoms with Crippen LogP contribution in [0.5, 0.6) is 0 Å². The molecule has 0 aliphatic heterocycles. The number of hydrogen-bond donors (Lipinski definition) is 1. The minimum atomic E-state index is -0.236. The first kappa shape index (κ1) is 12.6. The van der Waals surface area contributed by atoms with Crippen LogP contribution in [0, 0.1) is 12.7 Å². The van der Waals surface area contributed by atoms with E-state index in [1.807, 2.05) is 26.0 Å². The highest BCUT2D eigenvalue weighted by Gasteiger charge is 2.07. The van der Waals surface area contributed by atoms with E-state index >= 15 is 0 Å². The maximum absolute atomic E-state index is 13.2. The number of aromatic amines is 1. The number of nitrogens with one attached hydrogen (secondary N) is 1. The van der Waals surface area contributed by atoms with E-state index in [1.165, 1.54) is 6.07 Å². The highest BCUT2D eigenvalue weighted by molar-refractivity contribution is 5.60. The van der Waals surface area contributed by atoms with E-state index in [-0.39, 0.29) is 17.3 Å². The number of hydrogen-bond acceptors (Lipinski definition) is 1. The molecule has 94 valence electrons. The smallest absolute Gasteiger partial charge is 0.251 e. The molecule has 0 unspecified atom stereocenters. The van der Waals surface area contributed by atoms with Gasteiger partial charge in [-0.3, -0.25) is 4.79 Å². The summed E-state index contributed by atoms with van der Waals surface area (Å²) < 4.78 is 13.2. The molecular weight excluding hydrogens is 229 g/mol. The number of rotatable bonds is 2. The zero-order valence-electron chi connectivity index (χ0n) is 10.8. The molecule has 0 bridgehead atoms. The third-order valence-corrected chi connectivity index (χ3v) is 3.03. The van der Waals surface area contributed by atoms with Crippen LogP contribution < -0.4 is 5.56 Å². The Hall–Kier alpha value is -1.90. The van der Waals surface area contributed by atoms with E-state index in [1.54, 1.807) is 19.1 Å². The van der Waals surface area contributed by atoms with Crippen molar-refractivity contribution in [2.24, 2.45) is 0 Å². The van der Waals surface area contributed by atoms with E-state index in [9.17, 15) is 9.18 Å². The minimum absolute atomic E-state index is 0.0792. The van der Waals surface area contributed by atoms with Gasteiger partial charge in [0.2, 0.25) is 0 Å². The molecule has 2 rings (SSSR count). The second kappa shape index (κ2) is 4.77. The van der Waals surface area contributed by atoms with Crippen molar-refractivity contribution < 1.29 is 4.39 Å². The maximum Gasteiger partial charge on any atom is 0.251 e. The Balaban J connectivity index is 2.49. The summed E-state index contributed by atoms with van der Waals surface area (Å²) in [6.45, 7) is 5.66. The highest BCUT2D eigenvalue weighted by Crippen LogP contribution is 2.20. The molecule has 0 aliphatic carbocycles. The van der Waals surface area contributed by atoms with Crippen molar-refractivity contribution in [3.63, 3.8) is 0 Å². The summed E-state index contributed by atoms with van der Waals surface area (Å²) in [7, 11) is 0. The summed E-state index contributed by atoms with van der Waals surface area (Å²) in [4.78, 5) is 14.7. The van der Waals surface area contributed by atoms with Crippen molar-refractivity contribution in [3.05, 3.63) is 57.6 Å². The Labute approximate surface area is 105 Å². The molecule has 0 amide bonds. The lowest BCUT2D eigenvalue weighted by Crippen LogP contribution is -2.13. The van der Waals surface area contributed by atoms with Crippen LogP contribution in [0.2, 0.25) is 0 Å². The largest absolute Gasteiger partial charge is 0.322 e. The van der Waals surface area contributed by atoms with Gasteiger partial charge in [-0.05, 0) is 48.2 Å². The molecule has 0 saturated carbocycles. The van der Waals surface area contributed by atoms with Crippen molar-refractivity contribution in [2.45, 2.75) is 26.7 Å². The fourth-order valence-corrected chi connectivity index (χ4v) is 1.92. The van der Waals surface area contributed by atoms with Gasteiger partial charge in [-0.1, -0.05) is 19.9 Å². The maximum atomic E-state index is 13.2. The Morgan fingerprint density at radius 3 is 2.44 bits per heavy atom. The van der Waals surface area contributed by atoms with Gasteiger partial charge in [-0.15, -0.1) is 0 Å². The van der Waals surface area contributed by atoms with E-state index < -0.39 is 0 Å². The SMILES string of the molecule is Cc1cc(-c2ccc(C(C)C)c(=O)[nH]2)ccc1F. The molecule has 1 aromatic carbocycles. The van der Waals surface area contributed by atoms with E-state index in [0.29, 0.717) is 11.3 Å². The summed E-state index contributed by atoms with van der Waals surface area (Å²) in [5.74, 6) is -0.0438. The molecule has 0 aliphatic rings. The number of aromatic nitrogens is 1. The molecule has 0 fully saturated rings. The topological polar surface area (TPSA) is 32.9 Å². The highest BCUT2D eigenvalue weighted by atomic mass is 19.1. The average Bonchev–Trinajstić information content (AvgIpc) is 2.32. The molecule has 1 heterocycles. The van der Waals surface area contributed by atoms with Gasteiger partial charge < -0.3 is 4.98 Å². The molecule has 3 heteroatoms. The lowest BCUT2D eigenvalue weighted by Gasteiger charge is -2.07. The van der Waals surface area contributed by atoms with Crippen LogP contribution >= 0.6 is 0 Å². The Bertz CT molecular complexity index is 629. The normalized spacial score (nSPS) is 10.9. The van der Waals surface area contributed by atoms with Gasteiger partial charge in [-0.25, -0.2) is 4.39 Å². The van der Waals surface area contributed by atoms with Crippen molar-refractivity contribution >= 4 is 0 Å². The first-order valence-corrected chi connectivity index (χ1v) is 5.99. The first-order chi connectivity index (χ1) is 8.49. The lowest BCUT2D eigenvalue weighted by molar-refractivity contribution is 0.619. The second-order valence-electron chi connectivity index (χ2n) is 4.78. The molecule has 0 spiro atoms. The fourth-order valence-electron chi connectivity index (χ4n) is 1.92. The van der Waals surface area contributed by atoms with Crippen LogP contribution in [-0.2, 0) is 0 Å².